The van der Waals surface area contributed by atoms with E-state index >= 15 is 0 Å². The fourth-order valence-corrected chi connectivity index (χ4v) is 5.05. The van der Waals surface area contributed by atoms with Crippen molar-refractivity contribution >= 4 is 23.2 Å². The number of ether oxygens (including phenoxy) is 4. The molecule has 3 atom stereocenters. The first-order valence-electron chi connectivity index (χ1n) is 10.1. The average Bonchev–Trinajstić information content (AvgIpc) is 3.36. The fraction of sp³-hybridized carbons (Fsp3) is 0.333. The first-order chi connectivity index (χ1) is 14.9. The minimum absolute atomic E-state index is 0.0189. The van der Waals surface area contributed by atoms with Crippen LogP contribution in [0.4, 0.5) is 0 Å². The first kappa shape index (κ1) is 19.9. The van der Waals surface area contributed by atoms with E-state index < -0.39 is 11.5 Å². The van der Waals surface area contributed by atoms with Crippen molar-refractivity contribution in [3.63, 3.8) is 0 Å². The van der Waals surface area contributed by atoms with E-state index in [2.05, 4.69) is 0 Å². The van der Waals surface area contributed by atoms with Crippen LogP contribution in [0.5, 0.6) is 17.2 Å². The van der Waals surface area contributed by atoms with Crippen LogP contribution < -0.4 is 14.2 Å². The van der Waals surface area contributed by atoms with Crippen molar-refractivity contribution in [2.45, 2.75) is 31.5 Å². The molecule has 2 aliphatic heterocycles. The van der Waals surface area contributed by atoms with Crippen LogP contribution in [-0.2, 0) is 9.53 Å². The lowest BCUT2D eigenvalue weighted by Gasteiger charge is -2.37. The highest BCUT2D eigenvalue weighted by atomic mass is 35.5. The van der Waals surface area contributed by atoms with Crippen LogP contribution in [-0.4, -0.2) is 31.4 Å². The third-order valence-corrected chi connectivity index (χ3v) is 6.73. The highest BCUT2D eigenvalue weighted by molar-refractivity contribution is 6.35. The summed E-state index contributed by atoms with van der Waals surface area (Å²) in [5.41, 5.74) is 0.231. The molecular formula is C24H21ClO6. The Labute approximate surface area is 184 Å². The van der Waals surface area contributed by atoms with E-state index in [4.69, 9.17) is 30.5 Å². The van der Waals surface area contributed by atoms with Gasteiger partial charge >= 0.3 is 0 Å². The molecule has 0 unspecified atom stereocenters. The molecule has 0 fully saturated rings. The minimum atomic E-state index is -1.46. The second-order valence-corrected chi connectivity index (χ2v) is 8.40. The van der Waals surface area contributed by atoms with Gasteiger partial charge in [0.15, 0.2) is 17.3 Å². The van der Waals surface area contributed by atoms with E-state index in [1.807, 2.05) is 37.3 Å². The summed E-state index contributed by atoms with van der Waals surface area (Å²) < 4.78 is 23.4. The van der Waals surface area contributed by atoms with Crippen LogP contribution in [0.1, 0.15) is 41.8 Å². The van der Waals surface area contributed by atoms with Gasteiger partial charge < -0.3 is 18.9 Å². The Hall–Kier alpha value is -2.99. The summed E-state index contributed by atoms with van der Waals surface area (Å²) in [5, 5.41) is 0.187. The molecule has 0 saturated carbocycles. The standard InChI is InChI=1S/C24H21ClO6/c1-12-9-15(26)14-10-16(13-7-5-4-6-8-13)30-23(14)24(12)22(27)19-17(28-2)11-18(29-3)20(25)21(19)31-24/h4-8,11-12,16H,9-10H2,1-3H3/t12-,16-,24-/m1/s1. The zero-order valence-electron chi connectivity index (χ0n) is 17.4. The summed E-state index contributed by atoms with van der Waals surface area (Å²) in [6.07, 6.45) is 0.221. The van der Waals surface area contributed by atoms with E-state index in [-0.39, 0.29) is 40.4 Å². The van der Waals surface area contributed by atoms with Crippen LogP contribution >= 0.6 is 11.6 Å². The lowest BCUT2D eigenvalue weighted by Crippen LogP contribution is -2.52. The maximum Gasteiger partial charge on any atom is 0.231 e. The summed E-state index contributed by atoms with van der Waals surface area (Å²) >= 11 is 6.51. The zero-order valence-corrected chi connectivity index (χ0v) is 18.1. The maximum atomic E-state index is 13.9. The Morgan fingerprint density at radius 3 is 2.45 bits per heavy atom. The first-order valence-corrected chi connectivity index (χ1v) is 10.5. The zero-order chi connectivity index (χ0) is 21.9. The molecule has 160 valence electrons. The highest BCUT2D eigenvalue weighted by Crippen LogP contribution is 2.58. The van der Waals surface area contributed by atoms with Gasteiger partial charge in [-0.25, -0.2) is 0 Å². The highest BCUT2D eigenvalue weighted by Gasteiger charge is 2.63. The van der Waals surface area contributed by atoms with Crippen molar-refractivity contribution in [2.24, 2.45) is 5.92 Å². The molecule has 0 amide bonds. The molecule has 2 heterocycles. The Kier molecular flexibility index (Phi) is 4.52. The Morgan fingerprint density at radius 2 is 1.77 bits per heavy atom. The molecule has 6 nitrogen and oxygen atoms in total. The molecule has 1 spiro atoms. The predicted octanol–water partition coefficient (Wildman–Crippen LogP) is 4.70. The van der Waals surface area contributed by atoms with Crippen LogP contribution in [0.15, 0.2) is 47.7 Å². The van der Waals surface area contributed by atoms with Gasteiger partial charge in [-0.15, -0.1) is 0 Å². The molecule has 0 N–H and O–H groups in total. The van der Waals surface area contributed by atoms with Gasteiger partial charge in [0.25, 0.3) is 0 Å². The number of carbonyl (C=O) groups excluding carboxylic acids is 2. The van der Waals surface area contributed by atoms with Gasteiger partial charge in [0.05, 0.1) is 14.2 Å². The second kappa shape index (κ2) is 7.02. The van der Waals surface area contributed by atoms with E-state index in [1.54, 1.807) is 6.07 Å². The summed E-state index contributed by atoms with van der Waals surface area (Å²) in [6, 6.07) is 11.2. The number of hydrogen-bond donors (Lipinski definition) is 0. The third-order valence-electron chi connectivity index (χ3n) is 6.37. The smallest absolute Gasteiger partial charge is 0.231 e. The van der Waals surface area contributed by atoms with Crippen molar-refractivity contribution in [3.8, 4) is 17.2 Å². The van der Waals surface area contributed by atoms with E-state index in [0.717, 1.165) is 5.56 Å². The maximum absolute atomic E-state index is 13.9. The SMILES string of the molecule is COc1cc(OC)c2c(c1Cl)O[C@]1(C2=O)C2=C(C[C@H](c3ccccc3)O2)C(=O)C[C@H]1C. The number of halogens is 1. The van der Waals surface area contributed by atoms with Crippen molar-refractivity contribution < 1.29 is 28.5 Å². The number of benzene rings is 2. The van der Waals surface area contributed by atoms with Crippen molar-refractivity contribution in [1.82, 2.24) is 0 Å². The molecule has 5 rings (SSSR count). The molecule has 0 radical (unpaired) electrons. The fourth-order valence-electron chi connectivity index (χ4n) is 4.78. The molecule has 0 saturated heterocycles. The number of carbonyl (C=O) groups is 2. The van der Waals surface area contributed by atoms with E-state index in [9.17, 15) is 9.59 Å². The number of hydrogen-bond acceptors (Lipinski definition) is 6. The summed E-state index contributed by atoms with van der Waals surface area (Å²) in [6.45, 7) is 1.82. The summed E-state index contributed by atoms with van der Waals surface area (Å²) in [7, 11) is 2.95. The monoisotopic (exact) mass is 440 g/mol. The van der Waals surface area contributed by atoms with Gasteiger partial charge in [-0.1, -0.05) is 48.9 Å². The molecule has 31 heavy (non-hydrogen) atoms. The number of methoxy groups -OCH3 is 2. The molecule has 2 aromatic rings. The summed E-state index contributed by atoms with van der Waals surface area (Å²) in [5.74, 6) is 0.359. The molecular weight excluding hydrogens is 420 g/mol. The van der Waals surface area contributed by atoms with Gasteiger partial charge in [0.2, 0.25) is 11.4 Å². The minimum Gasteiger partial charge on any atom is -0.496 e. The Morgan fingerprint density at radius 1 is 1.06 bits per heavy atom. The van der Waals surface area contributed by atoms with Gasteiger partial charge in [-0.3, -0.25) is 9.59 Å². The van der Waals surface area contributed by atoms with Crippen molar-refractivity contribution in [1.29, 1.82) is 0 Å². The van der Waals surface area contributed by atoms with E-state index in [1.165, 1.54) is 14.2 Å². The normalized spacial score (nSPS) is 26.5. The van der Waals surface area contributed by atoms with Crippen LogP contribution in [0, 0.1) is 5.92 Å². The van der Waals surface area contributed by atoms with E-state index in [0.29, 0.717) is 29.3 Å². The molecule has 0 aromatic heterocycles. The quantitative estimate of drug-likeness (QED) is 0.689. The largest absolute Gasteiger partial charge is 0.496 e. The topological polar surface area (TPSA) is 71.1 Å². The lowest BCUT2D eigenvalue weighted by molar-refractivity contribution is -0.119. The molecule has 0 bridgehead atoms. The molecule has 1 aliphatic carbocycles. The second-order valence-electron chi connectivity index (χ2n) is 8.02. The third kappa shape index (κ3) is 2.64. The van der Waals surface area contributed by atoms with Gasteiger partial charge in [0, 0.05) is 30.4 Å². The van der Waals surface area contributed by atoms with Gasteiger partial charge in [-0.2, -0.15) is 0 Å². The number of fused-ring (bicyclic) bond motifs is 2. The predicted molar refractivity (Wildman–Crippen MR) is 113 cm³/mol. The number of ketones is 2. The van der Waals surface area contributed by atoms with Gasteiger partial charge in [0.1, 0.15) is 28.2 Å². The average molecular weight is 441 g/mol. The molecule has 7 heteroatoms. The Balaban J connectivity index is 1.65. The van der Waals surface area contributed by atoms with Crippen molar-refractivity contribution in [2.75, 3.05) is 14.2 Å². The number of Topliss-reactive ketones (excluding diaryl/α,β-unsaturated/α-hetero) is 2. The lowest BCUT2D eigenvalue weighted by atomic mass is 9.73. The number of rotatable bonds is 3. The van der Waals surface area contributed by atoms with Crippen molar-refractivity contribution in [3.05, 3.63) is 63.9 Å². The molecule has 2 aromatic carbocycles. The van der Waals surface area contributed by atoms with Gasteiger partial charge in [-0.05, 0) is 5.56 Å². The van der Waals surface area contributed by atoms with Crippen LogP contribution in [0.3, 0.4) is 0 Å². The Bertz CT molecular complexity index is 1140. The van der Waals surface area contributed by atoms with Crippen LogP contribution in [0.2, 0.25) is 5.02 Å². The van der Waals surface area contributed by atoms with Crippen LogP contribution in [0.25, 0.3) is 0 Å². The summed E-state index contributed by atoms with van der Waals surface area (Å²) in [4.78, 5) is 26.8. The molecule has 3 aliphatic rings.